The van der Waals surface area contributed by atoms with Crippen LogP contribution < -0.4 is 0 Å². The first kappa shape index (κ1) is 11.3. The number of ether oxygens (including phenoxy) is 3. The quantitative estimate of drug-likeness (QED) is 0.584. The number of methoxy groups -OCH3 is 1. The summed E-state index contributed by atoms with van der Waals surface area (Å²) in [6.07, 6.45) is 1.67. The van der Waals surface area contributed by atoms with Crippen LogP contribution in [0.3, 0.4) is 0 Å². The Kier molecular flexibility index (Phi) is 6.62. The molecule has 1 atom stereocenters. The van der Waals surface area contributed by atoms with Crippen LogP contribution in [-0.4, -0.2) is 51.1 Å². The third kappa shape index (κ3) is 5.52. The van der Waals surface area contributed by atoms with Gasteiger partial charge in [0.2, 0.25) is 0 Å². The van der Waals surface area contributed by atoms with Crippen LogP contribution in [0.4, 0.5) is 0 Å². The molecule has 0 aromatic heterocycles. The molecule has 0 radical (unpaired) electrons. The fraction of sp³-hybridized carbons (Fsp3) is 1.00. The first-order valence-corrected chi connectivity index (χ1v) is 5.85. The fourth-order valence-electron chi connectivity index (χ4n) is 1.16. The monoisotopic (exact) mass is 206 g/mol. The van der Waals surface area contributed by atoms with Crippen molar-refractivity contribution in [1.29, 1.82) is 0 Å². The third-order valence-electron chi connectivity index (χ3n) is 1.90. The highest BCUT2D eigenvalue weighted by Crippen LogP contribution is 2.19. The van der Waals surface area contributed by atoms with Crippen molar-refractivity contribution in [2.75, 3.05) is 45.0 Å². The van der Waals surface area contributed by atoms with E-state index in [0.717, 1.165) is 12.4 Å². The summed E-state index contributed by atoms with van der Waals surface area (Å²) in [5.41, 5.74) is 0. The SMILES string of the molecule is COCCOCCOC1CCSC1. The van der Waals surface area contributed by atoms with E-state index >= 15 is 0 Å². The average molecular weight is 206 g/mol. The van der Waals surface area contributed by atoms with Gasteiger partial charge in [0.1, 0.15) is 0 Å². The summed E-state index contributed by atoms with van der Waals surface area (Å²) in [4.78, 5) is 0. The van der Waals surface area contributed by atoms with Gasteiger partial charge in [0.05, 0.1) is 32.5 Å². The average Bonchev–Trinajstić information content (AvgIpc) is 2.63. The second-order valence-corrected chi connectivity index (χ2v) is 4.11. The zero-order valence-electron chi connectivity index (χ0n) is 8.16. The van der Waals surface area contributed by atoms with E-state index < -0.39 is 0 Å². The van der Waals surface area contributed by atoms with Crippen molar-refractivity contribution in [2.45, 2.75) is 12.5 Å². The van der Waals surface area contributed by atoms with E-state index in [9.17, 15) is 0 Å². The lowest BCUT2D eigenvalue weighted by atomic mass is 10.3. The van der Waals surface area contributed by atoms with E-state index in [1.165, 1.54) is 12.2 Å². The summed E-state index contributed by atoms with van der Waals surface area (Å²) >= 11 is 1.97. The molecule has 1 aliphatic heterocycles. The van der Waals surface area contributed by atoms with Gasteiger partial charge in [-0.3, -0.25) is 0 Å². The van der Waals surface area contributed by atoms with Gasteiger partial charge in [-0.15, -0.1) is 0 Å². The van der Waals surface area contributed by atoms with Crippen LogP contribution >= 0.6 is 11.8 Å². The Morgan fingerprint density at radius 3 is 2.77 bits per heavy atom. The molecule has 0 amide bonds. The van der Waals surface area contributed by atoms with Crippen molar-refractivity contribution in [3.8, 4) is 0 Å². The van der Waals surface area contributed by atoms with Gasteiger partial charge in [-0.05, 0) is 12.2 Å². The molecule has 1 fully saturated rings. The molecule has 1 rings (SSSR count). The lowest BCUT2D eigenvalue weighted by molar-refractivity contribution is 0.00211. The van der Waals surface area contributed by atoms with Crippen molar-refractivity contribution in [2.24, 2.45) is 0 Å². The van der Waals surface area contributed by atoms with Gasteiger partial charge < -0.3 is 14.2 Å². The largest absolute Gasteiger partial charge is 0.382 e. The Morgan fingerprint density at radius 2 is 2.08 bits per heavy atom. The van der Waals surface area contributed by atoms with Crippen LogP contribution in [0.15, 0.2) is 0 Å². The van der Waals surface area contributed by atoms with E-state index in [-0.39, 0.29) is 0 Å². The van der Waals surface area contributed by atoms with Crippen LogP contribution in [0, 0.1) is 0 Å². The van der Waals surface area contributed by atoms with Crippen LogP contribution in [-0.2, 0) is 14.2 Å². The summed E-state index contributed by atoms with van der Waals surface area (Å²) in [7, 11) is 1.68. The van der Waals surface area contributed by atoms with Crippen LogP contribution in [0.2, 0.25) is 0 Å². The zero-order valence-corrected chi connectivity index (χ0v) is 8.98. The normalized spacial score (nSPS) is 22.4. The molecule has 0 aromatic carbocycles. The Balaban J connectivity index is 1.78. The van der Waals surface area contributed by atoms with Crippen LogP contribution in [0.1, 0.15) is 6.42 Å². The Bertz CT molecular complexity index is 115. The maximum atomic E-state index is 5.60. The smallest absolute Gasteiger partial charge is 0.0704 e. The molecule has 1 heterocycles. The fourth-order valence-corrected chi connectivity index (χ4v) is 2.28. The van der Waals surface area contributed by atoms with Gasteiger partial charge in [-0.25, -0.2) is 0 Å². The second kappa shape index (κ2) is 7.62. The summed E-state index contributed by atoms with van der Waals surface area (Å²) < 4.78 is 15.7. The second-order valence-electron chi connectivity index (χ2n) is 2.96. The molecule has 0 N–H and O–H groups in total. The Labute approximate surface area is 84.1 Å². The third-order valence-corrected chi connectivity index (χ3v) is 3.03. The van der Waals surface area contributed by atoms with E-state index in [0.29, 0.717) is 25.9 Å². The van der Waals surface area contributed by atoms with E-state index in [1.54, 1.807) is 7.11 Å². The predicted octanol–water partition coefficient (Wildman–Crippen LogP) is 1.17. The van der Waals surface area contributed by atoms with E-state index in [1.807, 2.05) is 11.8 Å². The minimum absolute atomic E-state index is 0.469. The molecule has 3 nitrogen and oxygen atoms in total. The molecule has 0 aliphatic carbocycles. The summed E-state index contributed by atoms with van der Waals surface area (Å²) in [6.45, 7) is 2.73. The number of thioether (sulfide) groups is 1. The van der Waals surface area contributed by atoms with Gasteiger partial charge in [0, 0.05) is 12.9 Å². The number of rotatable bonds is 7. The van der Waals surface area contributed by atoms with Crippen molar-refractivity contribution >= 4 is 11.8 Å². The predicted molar refractivity (Wildman–Crippen MR) is 54.4 cm³/mol. The Morgan fingerprint density at radius 1 is 1.23 bits per heavy atom. The van der Waals surface area contributed by atoms with Gasteiger partial charge in [0.15, 0.2) is 0 Å². The summed E-state index contributed by atoms with van der Waals surface area (Å²) in [6, 6.07) is 0. The topological polar surface area (TPSA) is 27.7 Å². The standard InChI is InChI=1S/C9H18O3S/c1-10-3-4-11-5-6-12-9-2-7-13-8-9/h9H,2-8H2,1H3. The van der Waals surface area contributed by atoms with E-state index in [4.69, 9.17) is 14.2 Å². The first-order valence-electron chi connectivity index (χ1n) is 4.69. The summed E-state index contributed by atoms with van der Waals surface area (Å²) in [5.74, 6) is 2.40. The highest BCUT2D eigenvalue weighted by molar-refractivity contribution is 7.99. The maximum absolute atomic E-state index is 5.60. The van der Waals surface area contributed by atoms with Crippen LogP contribution in [0.25, 0.3) is 0 Å². The molecular weight excluding hydrogens is 188 g/mol. The Hall–Kier alpha value is 0.230. The van der Waals surface area contributed by atoms with Crippen molar-refractivity contribution in [1.82, 2.24) is 0 Å². The molecule has 0 saturated carbocycles. The number of hydrogen-bond donors (Lipinski definition) is 0. The molecule has 0 bridgehead atoms. The molecule has 4 heteroatoms. The molecule has 78 valence electrons. The molecule has 1 aliphatic rings. The molecule has 1 saturated heterocycles. The minimum atomic E-state index is 0.469. The zero-order chi connectivity index (χ0) is 9.36. The van der Waals surface area contributed by atoms with Crippen LogP contribution in [0.5, 0.6) is 0 Å². The van der Waals surface area contributed by atoms with E-state index in [2.05, 4.69) is 0 Å². The first-order chi connectivity index (χ1) is 6.43. The van der Waals surface area contributed by atoms with Gasteiger partial charge in [0.25, 0.3) is 0 Å². The molecule has 1 unspecified atom stereocenters. The van der Waals surface area contributed by atoms with Gasteiger partial charge >= 0.3 is 0 Å². The molecule has 13 heavy (non-hydrogen) atoms. The molecule has 0 spiro atoms. The maximum Gasteiger partial charge on any atom is 0.0704 e. The van der Waals surface area contributed by atoms with Gasteiger partial charge in [-0.1, -0.05) is 0 Å². The highest BCUT2D eigenvalue weighted by Gasteiger charge is 2.14. The number of hydrogen-bond acceptors (Lipinski definition) is 4. The highest BCUT2D eigenvalue weighted by atomic mass is 32.2. The minimum Gasteiger partial charge on any atom is -0.382 e. The van der Waals surface area contributed by atoms with Crippen molar-refractivity contribution in [3.05, 3.63) is 0 Å². The molecular formula is C9H18O3S. The van der Waals surface area contributed by atoms with Gasteiger partial charge in [-0.2, -0.15) is 11.8 Å². The van der Waals surface area contributed by atoms with Crippen molar-refractivity contribution in [3.63, 3.8) is 0 Å². The lowest BCUT2D eigenvalue weighted by Crippen LogP contribution is -2.16. The lowest BCUT2D eigenvalue weighted by Gasteiger charge is -2.10. The summed E-state index contributed by atoms with van der Waals surface area (Å²) in [5, 5.41) is 0. The van der Waals surface area contributed by atoms with Crippen molar-refractivity contribution < 1.29 is 14.2 Å². The molecule has 0 aromatic rings.